The fourth-order valence-corrected chi connectivity index (χ4v) is 2.62. The molecule has 0 saturated carbocycles. The summed E-state index contributed by atoms with van der Waals surface area (Å²) in [6, 6.07) is 3.68. The van der Waals surface area contributed by atoms with Gasteiger partial charge >= 0.3 is 12.3 Å². The van der Waals surface area contributed by atoms with E-state index in [0.29, 0.717) is 5.56 Å². The van der Waals surface area contributed by atoms with Gasteiger partial charge in [-0.25, -0.2) is 4.79 Å². The van der Waals surface area contributed by atoms with Gasteiger partial charge in [0.25, 0.3) is 5.91 Å². The van der Waals surface area contributed by atoms with Crippen LogP contribution in [0.25, 0.3) is 0 Å². The third kappa shape index (κ3) is 5.70. The summed E-state index contributed by atoms with van der Waals surface area (Å²) in [6.45, 7) is 4.92. The standard InChI is InChI=1S/C18H21F3N2O4/c1-17(2,3)27-16(26)22-13-10-14(24)23(15(13)25)8-7-11-5-4-6-12(9-11)18(19,20)21/h4-6,9,13H,7-8,10H2,1-3H3,(H,22,26). The molecule has 3 amide bonds. The van der Waals surface area contributed by atoms with Gasteiger partial charge in [-0.2, -0.15) is 13.2 Å². The molecule has 1 heterocycles. The van der Waals surface area contributed by atoms with Crippen LogP contribution in [0.2, 0.25) is 0 Å². The maximum atomic E-state index is 12.8. The molecule has 1 aliphatic heterocycles. The summed E-state index contributed by atoms with van der Waals surface area (Å²) in [6.07, 6.45) is -5.40. The van der Waals surface area contributed by atoms with Gasteiger partial charge in [0.1, 0.15) is 11.6 Å². The lowest BCUT2D eigenvalue weighted by Gasteiger charge is -2.21. The Kier molecular flexibility index (Phi) is 5.82. The Morgan fingerprint density at radius 2 is 1.93 bits per heavy atom. The molecule has 1 unspecified atom stereocenters. The van der Waals surface area contributed by atoms with Crippen LogP contribution in [0.1, 0.15) is 38.3 Å². The van der Waals surface area contributed by atoms with E-state index in [4.69, 9.17) is 4.74 Å². The minimum absolute atomic E-state index is 0.0640. The number of alkyl halides is 3. The van der Waals surface area contributed by atoms with Crippen molar-refractivity contribution in [3.63, 3.8) is 0 Å². The van der Waals surface area contributed by atoms with E-state index in [0.717, 1.165) is 17.0 Å². The number of rotatable bonds is 4. The number of carbonyl (C=O) groups excluding carboxylic acids is 3. The fourth-order valence-electron chi connectivity index (χ4n) is 2.62. The van der Waals surface area contributed by atoms with Gasteiger partial charge in [-0.15, -0.1) is 0 Å². The van der Waals surface area contributed by atoms with Gasteiger partial charge in [-0.3, -0.25) is 14.5 Å². The number of ether oxygens (including phenoxy) is 1. The topological polar surface area (TPSA) is 75.7 Å². The lowest BCUT2D eigenvalue weighted by atomic mass is 10.1. The van der Waals surface area contributed by atoms with E-state index in [-0.39, 0.29) is 19.4 Å². The van der Waals surface area contributed by atoms with Crippen LogP contribution in [0.15, 0.2) is 24.3 Å². The fraction of sp³-hybridized carbons (Fsp3) is 0.500. The van der Waals surface area contributed by atoms with Crippen molar-refractivity contribution in [3.05, 3.63) is 35.4 Å². The van der Waals surface area contributed by atoms with Gasteiger partial charge < -0.3 is 10.1 Å². The number of nitrogens with zero attached hydrogens (tertiary/aromatic N) is 1. The Balaban J connectivity index is 1.97. The van der Waals surface area contributed by atoms with Crippen LogP contribution in [-0.2, 0) is 26.9 Å². The number of amides is 3. The Hall–Kier alpha value is -2.58. The molecule has 0 spiro atoms. The second-order valence-corrected chi connectivity index (χ2v) is 7.23. The van der Waals surface area contributed by atoms with Gasteiger partial charge in [0.15, 0.2) is 0 Å². The molecule has 0 radical (unpaired) electrons. The molecule has 1 aromatic rings. The highest BCUT2D eigenvalue weighted by Crippen LogP contribution is 2.29. The summed E-state index contributed by atoms with van der Waals surface area (Å²) in [5, 5.41) is 2.35. The zero-order valence-electron chi connectivity index (χ0n) is 15.2. The Morgan fingerprint density at radius 3 is 2.52 bits per heavy atom. The van der Waals surface area contributed by atoms with E-state index < -0.39 is 41.3 Å². The van der Waals surface area contributed by atoms with Crippen molar-refractivity contribution in [1.29, 1.82) is 0 Å². The molecule has 0 bridgehead atoms. The molecular weight excluding hydrogens is 365 g/mol. The molecule has 1 atom stereocenters. The normalized spacial score (nSPS) is 18.0. The van der Waals surface area contributed by atoms with Crippen LogP contribution < -0.4 is 5.32 Å². The molecule has 1 N–H and O–H groups in total. The smallest absolute Gasteiger partial charge is 0.416 e. The van der Waals surface area contributed by atoms with E-state index in [1.54, 1.807) is 20.8 Å². The van der Waals surface area contributed by atoms with Crippen molar-refractivity contribution < 1.29 is 32.3 Å². The molecule has 2 rings (SSSR count). The summed E-state index contributed by atoms with van der Waals surface area (Å²) in [5.74, 6) is -1.09. The molecule has 0 aromatic heterocycles. The van der Waals surface area contributed by atoms with Gasteiger partial charge in [-0.1, -0.05) is 18.2 Å². The highest BCUT2D eigenvalue weighted by atomic mass is 19.4. The van der Waals surface area contributed by atoms with Crippen molar-refractivity contribution in [2.24, 2.45) is 0 Å². The first kappa shape index (κ1) is 20.7. The molecule has 6 nitrogen and oxygen atoms in total. The van der Waals surface area contributed by atoms with E-state index in [2.05, 4.69) is 5.32 Å². The molecule has 148 valence electrons. The van der Waals surface area contributed by atoms with Crippen LogP contribution in [0, 0.1) is 0 Å². The second kappa shape index (κ2) is 7.58. The molecular formula is C18H21F3N2O4. The van der Waals surface area contributed by atoms with Crippen LogP contribution in [0.5, 0.6) is 0 Å². The average Bonchev–Trinajstić information content (AvgIpc) is 2.77. The Morgan fingerprint density at radius 1 is 1.26 bits per heavy atom. The van der Waals surface area contributed by atoms with Gasteiger partial charge in [0, 0.05) is 6.54 Å². The maximum Gasteiger partial charge on any atom is 0.416 e. The minimum Gasteiger partial charge on any atom is -0.444 e. The molecule has 1 aliphatic rings. The monoisotopic (exact) mass is 386 g/mol. The first-order chi connectivity index (χ1) is 12.4. The van der Waals surface area contributed by atoms with E-state index >= 15 is 0 Å². The number of benzene rings is 1. The van der Waals surface area contributed by atoms with Crippen LogP contribution in [0.3, 0.4) is 0 Å². The van der Waals surface area contributed by atoms with E-state index in [1.165, 1.54) is 12.1 Å². The number of hydrogen-bond donors (Lipinski definition) is 1. The number of hydrogen-bond acceptors (Lipinski definition) is 4. The van der Waals surface area contributed by atoms with Crippen molar-refractivity contribution in [2.45, 2.75) is 51.4 Å². The lowest BCUT2D eigenvalue weighted by molar-refractivity contribution is -0.139. The summed E-state index contributed by atoms with van der Waals surface area (Å²) >= 11 is 0. The van der Waals surface area contributed by atoms with Crippen molar-refractivity contribution in [2.75, 3.05) is 6.54 Å². The van der Waals surface area contributed by atoms with Crippen molar-refractivity contribution in [1.82, 2.24) is 10.2 Å². The molecule has 9 heteroatoms. The minimum atomic E-state index is -4.46. The largest absolute Gasteiger partial charge is 0.444 e. The van der Waals surface area contributed by atoms with Gasteiger partial charge in [0.05, 0.1) is 12.0 Å². The first-order valence-corrected chi connectivity index (χ1v) is 8.37. The summed E-state index contributed by atoms with van der Waals surface area (Å²) in [4.78, 5) is 37.1. The molecule has 0 aliphatic carbocycles. The number of nitrogens with one attached hydrogen (secondary N) is 1. The maximum absolute atomic E-state index is 12.8. The molecule has 1 saturated heterocycles. The number of carbonyl (C=O) groups is 3. The quantitative estimate of drug-likeness (QED) is 0.808. The van der Waals surface area contributed by atoms with E-state index in [1.807, 2.05) is 0 Å². The number of imide groups is 1. The highest BCUT2D eigenvalue weighted by Gasteiger charge is 2.40. The van der Waals surface area contributed by atoms with Crippen LogP contribution in [0.4, 0.5) is 18.0 Å². The van der Waals surface area contributed by atoms with E-state index in [9.17, 15) is 27.6 Å². The lowest BCUT2D eigenvalue weighted by Crippen LogP contribution is -2.44. The third-order valence-electron chi connectivity index (χ3n) is 3.81. The van der Waals surface area contributed by atoms with Crippen molar-refractivity contribution in [3.8, 4) is 0 Å². The Labute approximate surface area is 154 Å². The highest BCUT2D eigenvalue weighted by molar-refractivity contribution is 6.06. The summed E-state index contributed by atoms with van der Waals surface area (Å²) in [7, 11) is 0. The SMILES string of the molecule is CC(C)(C)OC(=O)NC1CC(=O)N(CCc2cccc(C(F)(F)F)c2)C1=O. The molecule has 1 fully saturated rings. The summed E-state index contributed by atoms with van der Waals surface area (Å²) < 4.78 is 43.3. The van der Waals surface area contributed by atoms with Gasteiger partial charge in [-0.05, 0) is 38.8 Å². The first-order valence-electron chi connectivity index (χ1n) is 8.37. The van der Waals surface area contributed by atoms with Crippen LogP contribution in [-0.4, -0.2) is 41.0 Å². The second-order valence-electron chi connectivity index (χ2n) is 7.23. The zero-order chi connectivity index (χ0) is 20.4. The average molecular weight is 386 g/mol. The molecule has 27 heavy (non-hydrogen) atoms. The predicted octanol–water partition coefficient (Wildman–Crippen LogP) is 2.90. The molecule has 1 aromatic carbocycles. The zero-order valence-corrected chi connectivity index (χ0v) is 15.2. The van der Waals surface area contributed by atoms with Crippen molar-refractivity contribution >= 4 is 17.9 Å². The number of alkyl carbamates (subject to hydrolysis) is 1. The number of halogens is 3. The summed E-state index contributed by atoms with van der Waals surface area (Å²) in [5.41, 5.74) is -1.18. The third-order valence-corrected chi connectivity index (χ3v) is 3.81. The number of likely N-dealkylation sites (tertiary alicyclic amines) is 1. The van der Waals surface area contributed by atoms with Crippen LogP contribution >= 0.6 is 0 Å². The van der Waals surface area contributed by atoms with Gasteiger partial charge in [0.2, 0.25) is 5.91 Å². The predicted molar refractivity (Wildman–Crippen MR) is 89.6 cm³/mol. The Bertz CT molecular complexity index is 741.